The number of fused-ring (bicyclic) bond motifs is 1. The molecule has 4 fully saturated rings. The predicted molar refractivity (Wildman–Crippen MR) is 106 cm³/mol. The summed E-state index contributed by atoms with van der Waals surface area (Å²) in [6.45, 7) is 4.92. The Morgan fingerprint density at radius 1 is 1.38 bits per heavy atom. The van der Waals surface area contributed by atoms with Crippen LogP contribution >= 0.6 is 0 Å². The van der Waals surface area contributed by atoms with E-state index in [1.807, 2.05) is 6.07 Å². The number of pyridine rings is 1. The molecule has 29 heavy (non-hydrogen) atoms. The number of likely N-dealkylation sites (tertiary alicyclic amines) is 1. The van der Waals surface area contributed by atoms with Gasteiger partial charge < -0.3 is 19.5 Å². The SMILES string of the molecule is COc1ncccc1CN1C[C@@H]2[C@H](CNC(=O)C3CCOCC3)[C@H]3CC[C@]2(C1)O3. The average molecular weight is 402 g/mol. The van der Waals surface area contributed by atoms with Gasteiger partial charge in [-0.3, -0.25) is 9.69 Å². The van der Waals surface area contributed by atoms with Crippen LogP contribution in [0.15, 0.2) is 18.3 Å². The van der Waals surface area contributed by atoms with Crippen LogP contribution in [0.25, 0.3) is 0 Å². The van der Waals surface area contributed by atoms with E-state index >= 15 is 0 Å². The summed E-state index contributed by atoms with van der Waals surface area (Å²) in [7, 11) is 1.67. The highest BCUT2D eigenvalue weighted by Gasteiger charge is 2.62. The number of hydrogen-bond acceptors (Lipinski definition) is 6. The molecule has 4 atom stereocenters. The lowest BCUT2D eigenvalue weighted by molar-refractivity contribution is -0.128. The predicted octanol–water partition coefficient (Wildman–Crippen LogP) is 1.61. The van der Waals surface area contributed by atoms with Crippen molar-refractivity contribution >= 4 is 5.91 Å². The van der Waals surface area contributed by atoms with E-state index in [4.69, 9.17) is 14.2 Å². The molecule has 7 heteroatoms. The number of hydrogen-bond donors (Lipinski definition) is 1. The number of nitrogens with one attached hydrogen (secondary N) is 1. The van der Waals surface area contributed by atoms with Crippen molar-refractivity contribution in [3.63, 3.8) is 0 Å². The molecule has 7 nitrogen and oxygen atoms in total. The molecule has 1 amide bonds. The van der Waals surface area contributed by atoms with Gasteiger partial charge in [0.25, 0.3) is 0 Å². The third-order valence-electron chi connectivity index (χ3n) is 7.40. The smallest absolute Gasteiger partial charge is 0.223 e. The molecular formula is C22H31N3O4. The van der Waals surface area contributed by atoms with Gasteiger partial charge in [-0.15, -0.1) is 0 Å². The molecule has 0 aliphatic carbocycles. The van der Waals surface area contributed by atoms with E-state index in [-0.39, 0.29) is 17.4 Å². The van der Waals surface area contributed by atoms with E-state index in [9.17, 15) is 4.79 Å². The van der Waals surface area contributed by atoms with Gasteiger partial charge in [-0.05, 0) is 31.7 Å². The van der Waals surface area contributed by atoms with E-state index in [0.29, 0.717) is 37.0 Å². The molecule has 1 N–H and O–H groups in total. The lowest BCUT2D eigenvalue weighted by atomic mass is 9.73. The second kappa shape index (κ2) is 7.85. The molecule has 0 radical (unpaired) electrons. The molecule has 4 aliphatic heterocycles. The molecule has 0 saturated carbocycles. The highest BCUT2D eigenvalue weighted by molar-refractivity contribution is 5.78. The zero-order chi connectivity index (χ0) is 19.8. The van der Waals surface area contributed by atoms with Crippen molar-refractivity contribution in [2.45, 2.75) is 43.9 Å². The van der Waals surface area contributed by atoms with Crippen LogP contribution in [0.3, 0.4) is 0 Å². The first-order valence-corrected chi connectivity index (χ1v) is 10.9. The summed E-state index contributed by atoms with van der Waals surface area (Å²) in [6, 6.07) is 4.05. The van der Waals surface area contributed by atoms with Gasteiger partial charge in [0.2, 0.25) is 11.8 Å². The Morgan fingerprint density at radius 2 is 2.24 bits per heavy atom. The van der Waals surface area contributed by atoms with Crippen LogP contribution in [0.2, 0.25) is 0 Å². The van der Waals surface area contributed by atoms with Crippen molar-refractivity contribution in [1.29, 1.82) is 0 Å². The molecule has 1 aromatic rings. The number of amides is 1. The van der Waals surface area contributed by atoms with Gasteiger partial charge in [0.1, 0.15) is 0 Å². The van der Waals surface area contributed by atoms with Crippen LogP contribution in [0.1, 0.15) is 31.2 Å². The van der Waals surface area contributed by atoms with Gasteiger partial charge in [-0.1, -0.05) is 6.07 Å². The number of ether oxygens (including phenoxy) is 3. The van der Waals surface area contributed by atoms with Crippen LogP contribution in [0, 0.1) is 17.8 Å². The van der Waals surface area contributed by atoms with Crippen molar-refractivity contribution < 1.29 is 19.0 Å². The Balaban J connectivity index is 1.22. The molecule has 2 bridgehead atoms. The first-order valence-electron chi connectivity index (χ1n) is 10.9. The third kappa shape index (κ3) is 3.53. The normalized spacial score (nSPS) is 34.3. The Kier molecular flexibility index (Phi) is 5.22. The zero-order valence-corrected chi connectivity index (χ0v) is 17.1. The molecule has 5 rings (SSSR count). The first kappa shape index (κ1) is 19.3. The van der Waals surface area contributed by atoms with Crippen molar-refractivity contribution in [3.05, 3.63) is 23.9 Å². The van der Waals surface area contributed by atoms with E-state index in [1.165, 1.54) is 0 Å². The molecule has 0 aromatic carbocycles. The average Bonchev–Trinajstić information content (AvgIpc) is 3.41. The number of rotatable bonds is 6. The summed E-state index contributed by atoms with van der Waals surface area (Å²) in [4.78, 5) is 19.4. The van der Waals surface area contributed by atoms with E-state index in [2.05, 4.69) is 21.3 Å². The van der Waals surface area contributed by atoms with Crippen LogP contribution < -0.4 is 10.1 Å². The summed E-state index contributed by atoms with van der Waals surface area (Å²) in [5, 5.41) is 3.25. The monoisotopic (exact) mass is 401 g/mol. The van der Waals surface area contributed by atoms with Crippen LogP contribution in [0.4, 0.5) is 0 Å². The van der Waals surface area contributed by atoms with Crippen molar-refractivity contribution in [2.24, 2.45) is 17.8 Å². The summed E-state index contributed by atoms with van der Waals surface area (Å²) >= 11 is 0. The number of methoxy groups -OCH3 is 1. The Labute approximate surface area is 172 Å². The van der Waals surface area contributed by atoms with Crippen LogP contribution in [0.5, 0.6) is 5.88 Å². The lowest BCUT2D eigenvalue weighted by Gasteiger charge is -2.30. The van der Waals surface area contributed by atoms with Crippen molar-refractivity contribution in [2.75, 3.05) is 40.0 Å². The van der Waals surface area contributed by atoms with Gasteiger partial charge in [-0.2, -0.15) is 0 Å². The summed E-state index contributed by atoms with van der Waals surface area (Å²) in [5.41, 5.74) is 1.08. The van der Waals surface area contributed by atoms with Gasteiger partial charge in [-0.25, -0.2) is 4.98 Å². The molecular weight excluding hydrogens is 370 g/mol. The fraction of sp³-hybridized carbons (Fsp3) is 0.727. The Bertz CT molecular complexity index is 753. The van der Waals surface area contributed by atoms with Crippen molar-refractivity contribution in [1.82, 2.24) is 15.2 Å². The highest BCUT2D eigenvalue weighted by Crippen LogP contribution is 2.54. The number of carbonyl (C=O) groups excluding carboxylic acids is 1. The Hall–Kier alpha value is -1.70. The lowest BCUT2D eigenvalue weighted by Crippen LogP contribution is -2.43. The molecule has 4 saturated heterocycles. The maximum atomic E-state index is 12.6. The quantitative estimate of drug-likeness (QED) is 0.781. The summed E-state index contributed by atoms with van der Waals surface area (Å²) in [5.74, 6) is 1.90. The van der Waals surface area contributed by atoms with Gasteiger partial charge in [0.05, 0.1) is 18.8 Å². The minimum absolute atomic E-state index is 0.0335. The van der Waals surface area contributed by atoms with E-state index in [1.54, 1.807) is 13.3 Å². The number of aromatic nitrogens is 1. The summed E-state index contributed by atoms with van der Waals surface area (Å²) in [6.07, 6.45) is 5.98. The maximum Gasteiger partial charge on any atom is 0.223 e. The fourth-order valence-electron chi connectivity index (χ4n) is 5.97. The highest BCUT2D eigenvalue weighted by atomic mass is 16.5. The second-order valence-electron chi connectivity index (χ2n) is 9.00. The number of carbonyl (C=O) groups is 1. The molecule has 1 aromatic heterocycles. The Morgan fingerprint density at radius 3 is 3.07 bits per heavy atom. The topological polar surface area (TPSA) is 72.9 Å². The van der Waals surface area contributed by atoms with Gasteiger partial charge in [0, 0.05) is 68.9 Å². The molecule has 158 valence electrons. The fourth-order valence-corrected chi connectivity index (χ4v) is 5.97. The zero-order valence-electron chi connectivity index (χ0n) is 17.1. The van der Waals surface area contributed by atoms with Gasteiger partial charge in [0.15, 0.2) is 0 Å². The van der Waals surface area contributed by atoms with Crippen LogP contribution in [-0.2, 0) is 20.8 Å². The summed E-state index contributed by atoms with van der Waals surface area (Å²) < 4.78 is 17.3. The minimum atomic E-state index is -0.0335. The molecule has 4 aliphatic rings. The minimum Gasteiger partial charge on any atom is -0.481 e. The molecule has 5 heterocycles. The largest absolute Gasteiger partial charge is 0.481 e. The van der Waals surface area contributed by atoms with E-state index in [0.717, 1.165) is 57.4 Å². The first-order chi connectivity index (χ1) is 14.2. The maximum absolute atomic E-state index is 12.6. The number of nitrogens with zero attached hydrogens (tertiary/aromatic N) is 2. The van der Waals surface area contributed by atoms with Crippen LogP contribution in [-0.4, -0.2) is 67.5 Å². The second-order valence-corrected chi connectivity index (χ2v) is 9.00. The molecule has 0 unspecified atom stereocenters. The third-order valence-corrected chi connectivity index (χ3v) is 7.40. The molecule has 1 spiro atoms. The standard InChI is InChI=1S/C22H31N3O4/c1-27-21-16(3-2-8-23-21)12-25-13-18-17(19-4-7-22(18,14-25)29-19)11-24-20(26)15-5-9-28-10-6-15/h2-3,8,15,17-19H,4-7,9-14H2,1H3,(H,24,26)/t17-,18+,19+,22+/m0/s1. The van der Waals surface area contributed by atoms with Gasteiger partial charge >= 0.3 is 0 Å². The van der Waals surface area contributed by atoms with Crippen molar-refractivity contribution in [3.8, 4) is 5.88 Å². The van der Waals surface area contributed by atoms with E-state index < -0.39 is 0 Å².